The van der Waals surface area contributed by atoms with Gasteiger partial charge in [-0.05, 0) is 43.7 Å². The molecule has 6 nitrogen and oxygen atoms in total. The molecular formula is C23H30N6S. The lowest BCUT2D eigenvalue weighted by molar-refractivity contribution is 0.0639. The van der Waals surface area contributed by atoms with Gasteiger partial charge in [0.05, 0.1) is 18.3 Å². The van der Waals surface area contributed by atoms with E-state index in [0.29, 0.717) is 6.04 Å². The smallest absolute Gasteiger partial charge is 0.138 e. The van der Waals surface area contributed by atoms with Gasteiger partial charge in [0.2, 0.25) is 0 Å². The van der Waals surface area contributed by atoms with Crippen molar-refractivity contribution < 1.29 is 0 Å². The van der Waals surface area contributed by atoms with Gasteiger partial charge in [0.25, 0.3) is 0 Å². The molecule has 0 amide bonds. The van der Waals surface area contributed by atoms with Crippen molar-refractivity contribution in [3.8, 4) is 0 Å². The van der Waals surface area contributed by atoms with Gasteiger partial charge in [-0.1, -0.05) is 6.07 Å². The minimum absolute atomic E-state index is 0.366. The van der Waals surface area contributed by atoms with Gasteiger partial charge in [-0.3, -0.25) is 14.2 Å². The SMILES string of the molecule is c1cc(N2CCCC2)n2cc(C3CN(Cc4nccs4)CCN3CC3CC3)nc2c1. The normalized spacial score (nSPS) is 23.6. The fraction of sp³-hybridized carbons (Fsp3) is 0.565. The third-order valence-electron chi connectivity index (χ3n) is 6.87. The second-order valence-corrected chi connectivity index (χ2v) is 10.1. The van der Waals surface area contributed by atoms with Gasteiger partial charge < -0.3 is 4.90 Å². The molecule has 2 saturated heterocycles. The predicted molar refractivity (Wildman–Crippen MR) is 121 cm³/mol. The van der Waals surface area contributed by atoms with Crippen molar-refractivity contribution in [2.75, 3.05) is 44.2 Å². The van der Waals surface area contributed by atoms with E-state index in [1.165, 1.54) is 48.7 Å². The van der Waals surface area contributed by atoms with Gasteiger partial charge >= 0.3 is 0 Å². The summed E-state index contributed by atoms with van der Waals surface area (Å²) in [6.07, 6.45) is 9.62. The van der Waals surface area contributed by atoms with Crippen molar-refractivity contribution in [3.63, 3.8) is 0 Å². The maximum atomic E-state index is 5.13. The van der Waals surface area contributed by atoms with Crippen molar-refractivity contribution in [2.45, 2.75) is 38.3 Å². The standard InChI is InChI=1S/C23H30N6S/c1-2-10-27(9-1)23-5-3-4-21-25-19(15-29(21)23)20-16-26(17-22-24-8-13-30-22)11-12-28(20)14-18-6-7-18/h3-5,8,13,15,18,20H,1-2,6-7,9-12,14,16-17H2. The highest BCUT2D eigenvalue weighted by atomic mass is 32.1. The summed E-state index contributed by atoms with van der Waals surface area (Å²) in [4.78, 5) is 17.4. The summed E-state index contributed by atoms with van der Waals surface area (Å²) >= 11 is 1.76. The number of imidazole rings is 1. The molecule has 3 aliphatic rings. The average molecular weight is 423 g/mol. The topological polar surface area (TPSA) is 39.9 Å². The third kappa shape index (κ3) is 3.74. The van der Waals surface area contributed by atoms with E-state index in [9.17, 15) is 0 Å². The Bertz CT molecular complexity index is 988. The molecule has 1 saturated carbocycles. The van der Waals surface area contributed by atoms with E-state index in [1.807, 2.05) is 6.20 Å². The van der Waals surface area contributed by atoms with Crippen molar-refractivity contribution in [3.05, 3.63) is 46.7 Å². The van der Waals surface area contributed by atoms with E-state index in [0.717, 1.165) is 50.8 Å². The van der Waals surface area contributed by atoms with Crippen LogP contribution < -0.4 is 4.90 Å². The fourth-order valence-electron chi connectivity index (χ4n) is 5.05. The van der Waals surface area contributed by atoms with Crippen LogP contribution >= 0.6 is 11.3 Å². The van der Waals surface area contributed by atoms with Crippen LogP contribution in [-0.4, -0.2) is 63.4 Å². The number of thiazole rings is 1. The summed E-state index contributed by atoms with van der Waals surface area (Å²) in [5.41, 5.74) is 2.31. The number of pyridine rings is 1. The molecule has 1 atom stereocenters. The Labute approximate surface area is 182 Å². The monoisotopic (exact) mass is 422 g/mol. The molecule has 0 spiro atoms. The Balaban J connectivity index is 1.30. The summed E-state index contributed by atoms with van der Waals surface area (Å²) in [5, 5.41) is 3.30. The van der Waals surface area contributed by atoms with Gasteiger partial charge in [0.1, 0.15) is 16.5 Å². The van der Waals surface area contributed by atoms with E-state index in [1.54, 1.807) is 11.3 Å². The van der Waals surface area contributed by atoms with E-state index >= 15 is 0 Å². The number of anilines is 1. The van der Waals surface area contributed by atoms with Crippen LogP contribution in [0, 0.1) is 5.92 Å². The zero-order chi connectivity index (χ0) is 19.9. The number of hydrogen-bond donors (Lipinski definition) is 0. The van der Waals surface area contributed by atoms with Crippen molar-refractivity contribution in [1.82, 2.24) is 24.2 Å². The Hall–Kier alpha value is -1.96. The molecule has 0 aromatic carbocycles. The van der Waals surface area contributed by atoms with E-state index in [-0.39, 0.29) is 0 Å². The number of fused-ring (bicyclic) bond motifs is 1. The quantitative estimate of drug-likeness (QED) is 0.606. The number of hydrogen-bond acceptors (Lipinski definition) is 6. The van der Waals surface area contributed by atoms with Crippen LogP contribution in [0.1, 0.15) is 42.4 Å². The molecule has 3 fully saturated rings. The number of aromatic nitrogens is 3. The summed E-state index contributed by atoms with van der Waals surface area (Å²) in [6, 6.07) is 6.94. The first-order valence-electron chi connectivity index (χ1n) is 11.4. The van der Waals surface area contributed by atoms with E-state index in [2.05, 4.69) is 53.9 Å². The zero-order valence-electron chi connectivity index (χ0n) is 17.5. The molecule has 1 unspecified atom stereocenters. The van der Waals surface area contributed by atoms with Gasteiger partial charge in [-0.15, -0.1) is 11.3 Å². The molecule has 7 heteroatoms. The number of nitrogens with zero attached hydrogens (tertiary/aromatic N) is 6. The summed E-state index contributed by atoms with van der Waals surface area (Å²) in [7, 11) is 0. The molecule has 0 radical (unpaired) electrons. The lowest BCUT2D eigenvalue weighted by atomic mass is 10.1. The lowest BCUT2D eigenvalue weighted by Gasteiger charge is -2.40. The summed E-state index contributed by atoms with van der Waals surface area (Å²) < 4.78 is 2.33. The van der Waals surface area contributed by atoms with Crippen LogP contribution in [0.5, 0.6) is 0 Å². The van der Waals surface area contributed by atoms with Crippen LogP contribution in [0.25, 0.3) is 5.65 Å². The van der Waals surface area contributed by atoms with Crippen LogP contribution in [-0.2, 0) is 6.54 Å². The Morgan fingerprint density at radius 3 is 2.77 bits per heavy atom. The van der Waals surface area contributed by atoms with Crippen molar-refractivity contribution in [1.29, 1.82) is 0 Å². The van der Waals surface area contributed by atoms with Crippen LogP contribution in [0.3, 0.4) is 0 Å². The lowest BCUT2D eigenvalue weighted by Crippen LogP contribution is -2.48. The minimum atomic E-state index is 0.366. The van der Waals surface area contributed by atoms with Crippen LogP contribution in [0.4, 0.5) is 5.82 Å². The predicted octanol–water partition coefficient (Wildman–Crippen LogP) is 3.66. The maximum absolute atomic E-state index is 5.13. The molecular weight excluding hydrogens is 392 g/mol. The zero-order valence-corrected chi connectivity index (χ0v) is 18.3. The fourth-order valence-corrected chi connectivity index (χ4v) is 5.71. The first kappa shape index (κ1) is 18.8. The second-order valence-electron chi connectivity index (χ2n) is 9.09. The molecule has 0 N–H and O–H groups in total. The molecule has 1 aliphatic carbocycles. The minimum Gasteiger partial charge on any atom is -0.358 e. The first-order valence-corrected chi connectivity index (χ1v) is 12.3. The highest BCUT2D eigenvalue weighted by molar-refractivity contribution is 7.09. The van der Waals surface area contributed by atoms with E-state index in [4.69, 9.17) is 4.98 Å². The maximum Gasteiger partial charge on any atom is 0.138 e. The number of rotatable bonds is 6. The third-order valence-corrected chi connectivity index (χ3v) is 7.63. The molecule has 2 aliphatic heterocycles. The Morgan fingerprint density at radius 2 is 1.97 bits per heavy atom. The van der Waals surface area contributed by atoms with Crippen molar-refractivity contribution >= 4 is 22.8 Å². The number of piperazine rings is 1. The Morgan fingerprint density at radius 1 is 1.07 bits per heavy atom. The van der Waals surface area contributed by atoms with Crippen LogP contribution in [0.2, 0.25) is 0 Å². The molecule has 3 aromatic rings. The highest BCUT2D eigenvalue weighted by Crippen LogP contribution is 2.35. The first-order chi connectivity index (χ1) is 14.8. The van der Waals surface area contributed by atoms with Gasteiger partial charge in [0.15, 0.2) is 0 Å². The average Bonchev–Trinajstić information content (AvgIpc) is 3.21. The molecule has 6 rings (SSSR count). The Kier molecular flexibility index (Phi) is 4.97. The summed E-state index contributed by atoms with van der Waals surface area (Å²) in [5.74, 6) is 2.20. The van der Waals surface area contributed by atoms with Gasteiger partial charge in [-0.2, -0.15) is 0 Å². The largest absolute Gasteiger partial charge is 0.358 e. The summed E-state index contributed by atoms with van der Waals surface area (Å²) in [6.45, 7) is 7.78. The molecule has 0 bridgehead atoms. The van der Waals surface area contributed by atoms with Gasteiger partial charge in [0, 0.05) is 57.0 Å². The second kappa shape index (κ2) is 7.94. The van der Waals surface area contributed by atoms with Gasteiger partial charge in [-0.25, -0.2) is 9.97 Å². The van der Waals surface area contributed by atoms with Crippen molar-refractivity contribution in [2.24, 2.45) is 5.92 Å². The highest BCUT2D eigenvalue weighted by Gasteiger charge is 2.34. The molecule has 30 heavy (non-hydrogen) atoms. The molecule has 158 valence electrons. The van der Waals surface area contributed by atoms with E-state index < -0.39 is 0 Å². The van der Waals surface area contributed by atoms with Crippen LogP contribution in [0.15, 0.2) is 36.0 Å². The molecule has 5 heterocycles. The molecule has 3 aromatic heterocycles.